The van der Waals surface area contributed by atoms with Gasteiger partial charge in [-0.25, -0.2) is 4.79 Å². The molecule has 0 spiro atoms. The molecule has 0 fully saturated rings. The number of carbonyl (C=O) groups is 3. The third kappa shape index (κ3) is 5.69. The molecule has 2 aromatic rings. The number of anilines is 1. The fourth-order valence-corrected chi connectivity index (χ4v) is 3.60. The summed E-state index contributed by atoms with van der Waals surface area (Å²) < 4.78 is 0. The number of carbonyl (C=O) groups excluding carboxylic acids is 2. The summed E-state index contributed by atoms with van der Waals surface area (Å²) in [6.45, 7) is 4.89. The molecule has 1 amide bonds. The maximum atomic E-state index is 12.9. The van der Waals surface area contributed by atoms with Gasteiger partial charge in [-0.3, -0.25) is 9.59 Å². The van der Waals surface area contributed by atoms with Crippen LogP contribution in [0, 0.1) is 19.8 Å². The topological polar surface area (TPSA) is 83.5 Å². The highest BCUT2D eigenvalue weighted by molar-refractivity contribution is 8.13. The van der Waals surface area contributed by atoms with Gasteiger partial charge in [0.05, 0.1) is 11.5 Å². The Morgan fingerprint density at radius 2 is 1.74 bits per heavy atom. The molecule has 0 heterocycles. The third-order valence-electron chi connectivity index (χ3n) is 4.33. The largest absolute Gasteiger partial charge is 0.478 e. The fourth-order valence-electron chi connectivity index (χ4n) is 2.89. The summed E-state index contributed by atoms with van der Waals surface area (Å²) in [6.07, 6.45) is 0.504. The molecule has 0 aliphatic carbocycles. The number of amides is 1. The van der Waals surface area contributed by atoms with E-state index < -0.39 is 11.9 Å². The Balaban J connectivity index is 2.23. The zero-order chi connectivity index (χ0) is 20.0. The van der Waals surface area contributed by atoms with Gasteiger partial charge in [-0.2, -0.15) is 0 Å². The summed E-state index contributed by atoms with van der Waals surface area (Å²) in [5, 5.41) is 12.2. The van der Waals surface area contributed by atoms with Crippen LogP contribution in [0.5, 0.6) is 0 Å². The van der Waals surface area contributed by atoms with E-state index in [1.165, 1.54) is 6.92 Å². The van der Waals surface area contributed by atoms with Crippen LogP contribution in [0.4, 0.5) is 5.69 Å². The van der Waals surface area contributed by atoms with Crippen molar-refractivity contribution in [3.05, 3.63) is 64.7 Å². The Morgan fingerprint density at radius 3 is 2.33 bits per heavy atom. The lowest BCUT2D eigenvalue weighted by Crippen LogP contribution is -2.27. The minimum Gasteiger partial charge on any atom is -0.478 e. The monoisotopic (exact) mass is 385 g/mol. The average molecular weight is 385 g/mol. The molecule has 142 valence electrons. The van der Waals surface area contributed by atoms with Gasteiger partial charge in [0.15, 0.2) is 5.12 Å². The first-order chi connectivity index (χ1) is 12.8. The summed E-state index contributed by atoms with van der Waals surface area (Å²) in [5.74, 6) is -1.28. The van der Waals surface area contributed by atoms with Gasteiger partial charge in [-0.15, -0.1) is 0 Å². The highest BCUT2D eigenvalue weighted by Crippen LogP contribution is 2.24. The molecule has 1 atom stereocenters. The number of rotatable bonds is 7. The molecule has 5 nitrogen and oxygen atoms in total. The molecular formula is C21H23NO4S. The van der Waals surface area contributed by atoms with Crippen LogP contribution in [0.2, 0.25) is 0 Å². The van der Waals surface area contributed by atoms with Gasteiger partial charge in [0.25, 0.3) is 0 Å². The zero-order valence-electron chi connectivity index (χ0n) is 15.6. The molecule has 0 aromatic heterocycles. The van der Waals surface area contributed by atoms with Crippen LogP contribution in [0.1, 0.15) is 34.0 Å². The van der Waals surface area contributed by atoms with Crippen molar-refractivity contribution in [1.29, 1.82) is 0 Å². The van der Waals surface area contributed by atoms with E-state index in [0.717, 1.165) is 17.3 Å². The van der Waals surface area contributed by atoms with E-state index in [4.69, 9.17) is 0 Å². The molecule has 6 heteroatoms. The lowest BCUT2D eigenvalue weighted by atomic mass is 9.98. The van der Waals surface area contributed by atoms with Crippen molar-refractivity contribution in [1.82, 2.24) is 0 Å². The Hall–Kier alpha value is -2.60. The molecule has 0 bridgehead atoms. The fraction of sp³-hybridized carbons (Fsp3) is 0.286. The van der Waals surface area contributed by atoms with Gasteiger partial charge in [0.1, 0.15) is 0 Å². The van der Waals surface area contributed by atoms with Gasteiger partial charge < -0.3 is 10.4 Å². The normalized spacial score (nSPS) is 11.7. The number of carboxylic acid groups (broad SMARTS) is 1. The predicted octanol–water partition coefficient (Wildman–Crippen LogP) is 4.08. The number of nitrogens with one attached hydrogen (secondary N) is 1. The molecule has 0 aliphatic rings. The SMILES string of the molecule is CC(=O)SCC(Cc1ccccc1)C(=O)Nc1ccc(C)c(C(=O)O)c1C. The van der Waals surface area contributed by atoms with Crippen molar-refractivity contribution in [3.63, 3.8) is 0 Å². The van der Waals surface area contributed by atoms with Crippen LogP contribution in [0.25, 0.3) is 0 Å². The van der Waals surface area contributed by atoms with Crippen molar-refractivity contribution >= 4 is 34.4 Å². The summed E-state index contributed by atoms with van der Waals surface area (Å²) in [7, 11) is 0. The second-order valence-corrected chi connectivity index (χ2v) is 7.61. The minimum atomic E-state index is -1.02. The number of thioether (sulfide) groups is 1. The Kier molecular flexibility index (Phi) is 7.19. The number of aryl methyl sites for hydroxylation is 1. The van der Waals surface area contributed by atoms with E-state index >= 15 is 0 Å². The number of hydrogen-bond acceptors (Lipinski definition) is 4. The van der Waals surface area contributed by atoms with Crippen LogP contribution >= 0.6 is 11.8 Å². The minimum absolute atomic E-state index is 0.0412. The quantitative estimate of drug-likeness (QED) is 0.750. The Labute approximate surface area is 163 Å². The second kappa shape index (κ2) is 9.37. The lowest BCUT2D eigenvalue weighted by molar-refractivity contribution is -0.119. The average Bonchev–Trinajstić information content (AvgIpc) is 2.61. The van der Waals surface area contributed by atoms with E-state index in [1.54, 1.807) is 26.0 Å². The molecule has 27 heavy (non-hydrogen) atoms. The summed E-state index contributed by atoms with van der Waals surface area (Å²) in [4.78, 5) is 35.7. The van der Waals surface area contributed by atoms with Crippen LogP contribution in [-0.2, 0) is 16.0 Å². The molecule has 0 radical (unpaired) electrons. The van der Waals surface area contributed by atoms with Gasteiger partial charge in [-0.1, -0.05) is 48.2 Å². The summed E-state index contributed by atoms with van der Waals surface area (Å²) in [6, 6.07) is 13.0. The first-order valence-corrected chi connectivity index (χ1v) is 9.59. The van der Waals surface area contributed by atoms with Crippen molar-refractivity contribution in [2.45, 2.75) is 27.2 Å². The number of benzene rings is 2. The summed E-state index contributed by atoms with van der Waals surface area (Å²) in [5.41, 5.74) is 2.85. The van der Waals surface area contributed by atoms with E-state index in [1.807, 2.05) is 30.3 Å². The highest BCUT2D eigenvalue weighted by Gasteiger charge is 2.22. The van der Waals surface area contributed by atoms with E-state index in [0.29, 0.717) is 29.0 Å². The van der Waals surface area contributed by atoms with Crippen molar-refractivity contribution in [2.75, 3.05) is 11.1 Å². The summed E-state index contributed by atoms with van der Waals surface area (Å²) >= 11 is 1.12. The molecule has 0 saturated heterocycles. The first-order valence-electron chi connectivity index (χ1n) is 8.61. The molecular weight excluding hydrogens is 362 g/mol. The van der Waals surface area contributed by atoms with Crippen molar-refractivity contribution in [3.8, 4) is 0 Å². The van der Waals surface area contributed by atoms with Crippen LogP contribution in [0.3, 0.4) is 0 Å². The standard InChI is InChI=1S/C21H23NO4S/c1-13-9-10-18(14(2)19(13)21(25)26)22-20(24)17(12-27-15(3)23)11-16-7-5-4-6-8-16/h4-10,17H,11-12H2,1-3H3,(H,22,24)(H,25,26). The van der Waals surface area contributed by atoms with Crippen LogP contribution in [-0.4, -0.2) is 27.9 Å². The Morgan fingerprint density at radius 1 is 1.07 bits per heavy atom. The lowest BCUT2D eigenvalue weighted by Gasteiger charge is -2.18. The maximum absolute atomic E-state index is 12.9. The van der Waals surface area contributed by atoms with Gasteiger partial charge in [-0.05, 0) is 43.0 Å². The molecule has 0 aliphatic heterocycles. The first kappa shape index (κ1) is 20.7. The van der Waals surface area contributed by atoms with Crippen molar-refractivity contribution in [2.24, 2.45) is 5.92 Å². The molecule has 0 saturated carbocycles. The molecule has 2 aromatic carbocycles. The van der Waals surface area contributed by atoms with E-state index in [-0.39, 0.29) is 16.6 Å². The van der Waals surface area contributed by atoms with Crippen molar-refractivity contribution < 1.29 is 19.5 Å². The maximum Gasteiger partial charge on any atom is 0.336 e. The van der Waals surface area contributed by atoms with E-state index in [9.17, 15) is 19.5 Å². The number of hydrogen-bond donors (Lipinski definition) is 2. The van der Waals surface area contributed by atoms with Gasteiger partial charge >= 0.3 is 5.97 Å². The Bertz CT molecular complexity index is 849. The van der Waals surface area contributed by atoms with E-state index in [2.05, 4.69) is 5.32 Å². The number of aromatic carboxylic acids is 1. The van der Waals surface area contributed by atoms with Crippen LogP contribution in [0.15, 0.2) is 42.5 Å². The number of carboxylic acids is 1. The van der Waals surface area contributed by atoms with Gasteiger partial charge in [0, 0.05) is 18.4 Å². The smallest absolute Gasteiger partial charge is 0.336 e. The molecule has 2 rings (SSSR count). The predicted molar refractivity (Wildman–Crippen MR) is 108 cm³/mol. The second-order valence-electron chi connectivity index (χ2n) is 6.41. The highest BCUT2D eigenvalue weighted by atomic mass is 32.2. The zero-order valence-corrected chi connectivity index (χ0v) is 16.4. The molecule has 2 N–H and O–H groups in total. The third-order valence-corrected chi connectivity index (χ3v) is 5.30. The van der Waals surface area contributed by atoms with Crippen LogP contribution < -0.4 is 5.32 Å². The molecule has 1 unspecified atom stereocenters. The van der Waals surface area contributed by atoms with Gasteiger partial charge in [0.2, 0.25) is 5.91 Å².